The van der Waals surface area contributed by atoms with Crippen molar-refractivity contribution in [1.29, 1.82) is 0 Å². The maximum atomic E-state index is 13.4. The van der Waals surface area contributed by atoms with Crippen molar-refractivity contribution in [3.05, 3.63) is 63.4 Å². The van der Waals surface area contributed by atoms with Gasteiger partial charge in [0.1, 0.15) is 41.0 Å². The number of piperidine rings is 1. The molecule has 0 aliphatic carbocycles. The third-order valence-corrected chi connectivity index (χ3v) is 7.68. The Hall–Kier alpha value is -3.92. The SMILES string of the molecule is C#CCOc1ccc(C2CC(c3csc(C4CCCCN4C(=O)Cn4nc(C(F)F)cc4C(F)F)n3)=NO2)cc1. The number of alkyl halides is 4. The molecule has 2 aliphatic heterocycles. The van der Waals surface area contributed by atoms with Gasteiger partial charge < -0.3 is 14.5 Å². The number of hydrogen-bond donors (Lipinski definition) is 0. The van der Waals surface area contributed by atoms with E-state index in [1.165, 1.54) is 11.3 Å². The molecule has 2 aromatic heterocycles. The van der Waals surface area contributed by atoms with E-state index < -0.39 is 36.7 Å². The summed E-state index contributed by atoms with van der Waals surface area (Å²) < 4.78 is 59.0. The summed E-state index contributed by atoms with van der Waals surface area (Å²) in [5.41, 5.74) is 0.740. The largest absolute Gasteiger partial charge is 0.481 e. The highest BCUT2D eigenvalue weighted by atomic mass is 32.1. The van der Waals surface area contributed by atoms with Crippen LogP contribution in [0.1, 0.15) is 78.3 Å². The van der Waals surface area contributed by atoms with Crippen molar-refractivity contribution in [2.24, 2.45) is 5.16 Å². The first-order valence-corrected chi connectivity index (χ1v) is 13.5. The van der Waals surface area contributed by atoms with Crippen LogP contribution in [-0.2, 0) is 16.2 Å². The van der Waals surface area contributed by atoms with Crippen LogP contribution in [0.3, 0.4) is 0 Å². The lowest BCUT2D eigenvalue weighted by Gasteiger charge is -2.34. The fourth-order valence-corrected chi connectivity index (χ4v) is 5.73. The molecule has 0 bridgehead atoms. The first-order valence-electron chi connectivity index (χ1n) is 12.6. The standard InChI is InChI=1S/C27H25F4N5O3S/c1-2-11-38-17-8-6-16(7-9-17)23-13-18(34-39-23)20-15-40-27(32-20)21-5-3-4-10-35(21)24(37)14-36-22(26(30)31)12-19(33-36)25(28)29/h1,6-9,12,15,21,23,25-26H,3-5,10-11,13-14H2. The van der Waals surface area contributed by atoms with Gasteiger partial charge in [-0.25, -0.2) is 22.5 Å². The Bertz CT molecular complexity index is 1420. The normalized spacial score (nSPS) is 19.0. The number of carbonyl (C=O) groups excluding carboxylic acids is 1. The van der Waals surface area contributed by atoms with E-state index >= 15 is 0 Å². The smallest absolute Gasteiger partial charge is 0.282 e. The summed E-state index contributed by atoms with van der Waals surface area (Å²) in [6, 6.07) is 7.67. The number of amides is 1. The molecule has 1 aromatic carbocycles. The lowest BCUT2D eigenvalue weighted by atomic mass is 10.0. The zero-order valence-electron chi connectivity index (χ0n) is 21.2. The molecule has 0 radical (unpaired) electrons. The summed E-state index contributed by atoms with van der Waals surface area (Å²) in [5.74, 6) is 2.59. The van der Waals surface area contributed by atoms with E-state index in [-0.39, 0.29) is 18.8 Å². The van der Waals surface area contributed by atoms with Gasteiger partial charge in [0.2, 0.25) is 5.91 Å². The summed E-state index contributed by atoms with van der Waals surface area (Å²) in [6.07, 6.45) is 1.62. The number of aromatic nitrogens is 3. The molecular weight excluding hydrogens is 550 g/mol. The van der Waals surface area contributed by atoms with Crippen LogP contribution < -0.4 is 4.74 Å². The second-order valence-corrected chi connectivity index (χ2v) is 10.2. The molecule has 0 N–H and O–H groups in total. The van der Waals surface area contributed by atoms with Crippen LogP contribution in [0, 0.1) is 12.3 Å². The lowest BCUT2D eigenvalue weighted by Crippen LogP contribution is -2.40. The number of carbonyl (C=O) groups is 1. The van der Waals surface area contributed by atoms with Crippen molar-refractivity contribution in [2.75, 3.05) is 13.2 Å². The van der Waals surface area contributed by atoms with Gasteiger partial charge in [-0.05, 0) is 43.0 Å². The average molecular weight is 576 g/mol. The number of halogens is 4. The van der Waals surface area contributed by atoms with Gasteiger partial charge in [0.25, 0.3) is 12.9 Å². The van der Waals surface area contributed by atoms with Crippen molar-refractivity contribution in [1.82, 2.24) is 19.7 Å². The monoisotopic (exact) mass is 575 g/mol. The Morgan fingerprint density at radius 2 is 2.00 bits per heavy atom. The Balaban J connectivity index is 1.26. The summed E-state index contributed by atoms with van der Waals surface area (Å²) in [5, 5.41) is 10.3. The van der Waals surface area contributed by atoms with Crippen molar-refractivity contribution < 1.29 is 31.9 Å². The minimum Gasteiger partial charge on any atom is -0.481 e. The molecule has 0 spiro atoms. The predicted molar refractivity (Wildman–Crippen MR) is 138 cm³/mol. The van der Waals surface area contributed by atoms with Crippen molar-refractivity contribution in [3.63, 3.8) is 0 Å². The van der Waals surface area contributed by atoms with Crippen molar-refractivity contribution in [2.45, 2.75) is 57.2 Å². The summed E-state index contributed by atoms with van der Waals surface area (Å²) >= 11 is 1.38. The maximum Gasteiger partial charge on any atom is 0.282 e. The first kappa shape index (κ1) is 27.6. The van der Waals surface area contributed by atoms with Crippen LogP contribution in [0.25, 0.3) is 0 Å². The highest BCUT2D eigenvalue weighted by Gasteiger charge is 2.33. The van der Waals surface area contributed by atoms with E-state index in [9.17, 15) is 22.4 Å². The number of thiazole rings is 1. The van der Waals surface area contributed by atoms with E-state index in [1.807, 2.05) is 29.6 Å². The first-order chi connectivity index (χ1) is 19.3. The van der Waals surface area contributed by atoms with E-state index in [0.717, 1.165) is 18.4 Å². The van der Waals surface area contributed by atoms with Crippen LogP contribution in [0.2, 0.25) is 0 Å². The van der Waals surface area contributed by atoms with Crippen LogP contribution in [0.15, 0.2) is 40.9 Å². The number of hydrogen-bond acceptors (Lipinski definition) is 7. The fourth-order valence-electron chi connectivity index (χ4n) is 4.75. The molecule has 4 heterocycles. The van der Waals surface area contributed by atoms with E-state index in [1.54, 1.807) is 4.90 Å². The lowest BCUT2D eigenvalue weighted by molar-refractivity contribution is -0.136. The van der Waals surface area contributed by atoms with Gasteiger partial charge in [0.05, 0.1) is 11.7 Å². The van der Waals surface area contributed by atoms with E-state index in [0.29, 0.717) is 52.3 Å². The molecule has 1 amide bonds. The third kappa shape index (κ3) is 5.96. The number of ether oxygens (including phenoxy) is 1. The minimum absolute atomic E-state index is 0.183. The van der Waals surface area contributed by atoms with Crippen molar-refractivity contribution >= 4 is 23.0 Å². The fraction of sp³-hybridized carbons (Fsp3) is 0.407. The number of terminal acetylenes is 1. The number of oxime groups is 1. The van der Waals surface area contributed by atoms with Gasteiger partial charge in [-0.1, -0.05) is 23.2 Å². The summed E-state index contributed by atoms with van der Waals surface area (Å²) in [7, 11) is 0. The van der Waals surface area contributed by atoms with E-state index in [4.69, 9.17) is 21.0 Å². The second-order valence-electron chi connectivity index (χ2n) is 9.32. The van der Waals surface area contributed by atoms with Gasteiger partial charge >= 0.3 is 0 Å². The van der Waals surface area contributed by atoms with Gasteiger partial charge in [-0.2, -0.15) is 5.10 Å². The number of benzene rings is 1. The quantitative estimate of drug-likeness (QED) is 0.236. The van der Waals surface area contributed by atoms with E-state index in [2.05, 4.69) is 16.2 Å². The molecule has 3 aromatic rings. The molecule has 210 valence electrons. The zero-order valence-corrected chi connectivity index (χ0v) is 22.0. The number of nitrogens with zero attached hydrogens (tertiary/aromatic N) is 5. The van der Waals surface area contributed by atoms with Gasteiger partial charge in [-0.15, -0.1) is 17.8 Å². The second kappa shape index (κ2) is 12.1. The van der Waals surface area contributed by atoms with Gasteiger partial charge in [-0.3, -0.25) is 9.48 Å². The molecule has 2 aliphatic rings. The molecule has 1 saturated heterocycles. The molecule has 1 fully saturated rings. The topological polar surface area (TPSA) is 81.8 Å². The summed E-state index contributed by atoms with van der Waals surface area (Å²) in [6.45, 7) is 0.0246. The highest BCUT2D eigenvalue weighted by Crippen LogP contribution is 2.36. The van der Waals surface area contributed by atoms with Crippen molar-refractivity contribution in [3.8, 4) is 18.1 Å². The zero-order chi connectivity index (χ0) is 28.2. The molecular formula is C27H25F4N5O3S. The number of likely N-dealkylation sites (tertiary alicyclic amines) is 1. The molecule has 0 saturated carbocycles. The Morgan fingerprint density at radius 3 is 2.73 bits per heavy atom. The summed E-state index contributed by atoms with van der Waals surface area (Å²) in [4.78, 5) is 25.2. The predicted octanol–water partition coefficient (Wildman–Crippen LogP) is 5.85. The maximum absolute atomic E-state index is 13.4. The number of rotatable bonds is 9. The van der Waals surface area contributed by atoms with Crippen LogP contribution >= 0.6 is 11.3 Å². The van der Waals surface area contributed by atoms with Gasteiger partial charge in [0, 0.05) is 18.3 Å². The van der Waals surface area contributed by atoms with Crippen LogP contribution in [0.4, 0.5) is 17.6 Å². The third-order valence-electron chi connectivity index (χ3n) is 6.73. The Labute approximate surface area is 231 Å². The molecule has 40 heavy (non-hydrogen) atoms. The molecule has 5 rings (SSSR count). The Kier molecular flexibility index (Phi) is 8.35. The Morgan fingerprint density at radius 1 is 1.20 bits per heavy atom. The molecule has 8 nitrogen and oxygen atoms in total. The van der Waals surface area contributed by atoms with Crippen LogP contribution in [0.5, 0.6) is 5.75 Å². The average Bonchev–Trinajstić information content (AvgIpc) is 3.72. The highest BCUT2D eigenvalue weighted by molar-refractivity contribution is 7.10. The van der Waals surface area contributed by atoms with Crippen LogP contribution in [-0.4, -0.2) is 44.4 Å². The minimum atomic E-state index is -3.04. The molecule has 13 heteroatoms. The van der Waals surface area contributed by atoms with Gasteiger partial charge in [0.15, 0.2) is 6.10 Å². The molecule has 2 unspecified atom stereocenters. The molecule has 2 atom stereocenters.